The zero-order valence-corrected chi connectivity index (χ0v) is 12.8. The van der Waals surface area contributed by atoms with Gasteiger partial charge in [0, 0.05) is 6.54 Å². The summed E-state index contributed by atoms with van der Waals surface area (Å²) in [5.41, 5.74) is 9.48. The van der Waals surface area contributed by atoms with E-state index in [1.165, 1.54) is 16.7 Å². The van der Waals surface area contributed by atoms with E-state index in [2.05, 4.69) is 36.4 Å². The van der Waals surface area contributed by atoms with Gasteiger partial charge in [0.05, 0.1) is 14.2 Å². The average Bonchev–Trinajstić information content (AvgIpc) is 2.55. The summed E-state index contributed by atoms with van der Waals surface area (Å²) in [5, 5.41) is 0. The van der Waals surface area contributed by atoms with Crippen LogP contribution in [0.1, 0.15) is 23.1 Å². The number of aryl methyl sites for hydroxylation is 2. The van der Waals surface area contributed by atoms with Crippen molar-refractivity contribution in [2.45, 2.75) is 25.8 Å². The van der Waals surface area contributed by atoms with Crippen LogP contribution in [-0.2, 0) is 19.4 Å². The van der Waals surface area contributed by atoms with Crippen LogP contribution in [0, 0.1) is 0 Å². The summed E-state index contributed by atoms with van der Waals surface area (Å²) in [6.07, 6.45) is 3.18. The van der Waals surface area contributed by atoms with Gasteiger partial charge in [0.25, 0.3) is 0 Å². The van der Waals surface area contributed by atoms with Crippen LogP contribution in [0.5, 0.6) is 11.5 Å². The molecule has 0 saturated carbocycles. The molecule has 0 bridgehead atoms. The van der Waals surface area contributed by atoms with Crippen molar-refractivity contribution >= 4 is 0 Å². The summed E-state index contributed by atoms with van der Waals surface area (Å²) in [6.45, 7) is 0.601. The number of hydrogen-bond donors (Lipinski definition) is 1. The van der Waals surface area contributed by atoms with E-state index in [1.807, 2.05) is 6.07 Å². The van der Waals surface area contributed by atoms with Crippen molar-refractivity contribution in [1.82, 2.24) is 0 Å². The average molecular weight is 285 g/mol. The predicted octanol–water partition coefficient (Wildman–Crippen LogP) is 3.34. The fraction of sp³-hybridized carbons (Fsp3) is 0.333. The van der Waals surface area contributed by atoms with Crippen LogP contribution in [0.2, 0.25) is 0 Å². The Labute approximate surface area is 126 Å². The minimum atomic E-state index is 0.601. The zero-order chi connectivity index (χ0) is 15.1. The molecule has 2 rings (SSSR count). The van der Waals surface area contributed by atoms with Gasteiger partial charge in [-0.15, -0.1) is 0 Å². The fourth-order valence-electron chi connectivity index (χ4n) is 2.44. The summed E-state index contributed by atoms with van der Waals surface area (Å²) in [6, 6.07) is 14.6. The quantitative estimate of drug-likeness (QED) is 0.848. The van der Waals surface area contributed by atoms with Crippen molar-refractivity contribution < 1.29 is 9.47 Å². The van der Waals surface area contributed by atoms with Crippen molar-refractivity contribution in [3.8, 4) is 11.5 Å². The predicted molar refractivity (Wildman–Crippen MR) is 85.9 cm³/mol. The first-order valence-corrected chi connectivity index (χ1v) is 7.25. The van der Waals surface area contributed by atoms with E-state index in [-0.39, 0.29) is 0 Å². The molecule has 0 unspecified atom stereocenters. The van der Waals surface area contributed by atoms with Crippen molar-refractivity contribution in [2.75, 3.05) is 14.2 Å². The first-order valence-electron chi connectivity index (χ1n) is 7.25. The molecule has 2 N–H and O–H groups in total. The normalized spacial score (nSPS) is 10.4. The van der Waals surface area contributed by atoms with Crippen LogP contribution in [-0.4, -0.2) is 14.2 Å². The Bertz CT molecular complexity index is 581. The summed E-state index contributed by atoms with van der Waals surface area (Å²) < 4.78 is 10.6. The lowest BCUT2D eigenvalue weighted by Gasteiger charge is -2.09. The fourth-order valence-corrected chi connectivity index (χ4v) is 2.44. The van der Waals surface area contributed by atoms with Gasteiger partial charge in [0.2, 0.25) is 0 Å². The molecule has 0 radical (unpaired) electrons. The summed E-state index contributed by atoms with van der Waals surface area (Å²) in [5.74, 6) is 1.57. The molecular formula is C18H23NO2. The maximum atomic E-state index is 5.67. The van der Waals surface area contributed by atoms with Gasteiger partial charge in [-0.25, -0.2) is 0 Å². The van der Waals surface area contributed by atoms with Crippen molar-refractivity contribution in [1.29, 1.82) is 0 Å². The standard InChI is InChI=1S/C18H23NO2/c1-20-17-10-9-15(12-18(17)21-2)7-3-5-14-6-4-8-16(11-14)13-19/h4,6,8-12H,3,5,7,13,19H2,1-2H3. The van der Waals surface area contributed by atoms with E-state index >= 15 is 0 Å². The highest BCUT2D eigenvalue weighted by molar-refractivity contribution is 5.42. The van der Waals surface area contributed by atoms with E-state index in [4.69, 9.17) is 15.2 Å². The summed E-state index contributed by atoms with van der Waals surface area (Å²) in [4.78, 5) is 0. The third-order valence-corrected chi connectivity index (χ3v) is 3.61. The van der Waals surface area contributed by atoms with E-state index in [9.17, 15) is 0 Å². The maximum absolute atomic E-state index is 5.67. The van der Waals surface area contributed by atoms with Crippen LogP contribution in [0.25, 0.3) is 0 Å². The van der Waals surface area contributed by atoms with Crippen LogP contribution >= 0.6 is 0 Å². The molecule has 0 atom stereocenters. The van der Waals surface area contributed by atoms with Gasteiger partial charge in [0.15, 0.2) is 11.5 Å². The van der Waals surface area contributed by atoms with Gasteiger partial charge in [-0.05, 0) is 48.1 Å². The molecule has 0 amide bonds. The summed E-state index contributed by atoms with van der Waals surface area (Å²) >= 11 is 0. The first-order chi connectivity index (χ1) is 10.3. The van der Waals surface area contributed by atoms with Gasteiger partial charge in [-0.1, -0.05) is 30.3 Å². The second-order valence-electron chi connectivity index (χ2n) is 5.07. The molecule has 2 aromatic rings. The molecule has 21 heavy (non-hydrogen) atoms. The highest BCUT2D eigenvalue weighted by Crippen LogP contribution is 2.28. The molecule has 3 nitrogen and oxygen atoms in total. The molecule has 112 valence electrons. The molecule has 0 aliphatic carbocycles. The molecule has 0 aromatic heterocycles. The second kappa shape index (κ2) is 7.70. The lowest BCUT2D eigenvalue weighted by atomic mass is 10.0. The minimum absolute atomic E-state index is 0.601. The lowest BCUT2D eigenvalue weighted by Crippen LogP contribution is -1.98. The molecule has 2 aromatic carbocycles. The topological polar surface area (TPSA) is 44.5 Å². The minimum Gasteiger partial charge on any atom is -0.493 e. The van der Waals surface area contributed by atoms with Crippen molar-refractivity contribution in [3.63, 3.8) is 0 Å². The van der Waals surface area contributed by atoms with Crippen LogP contribution < -0.4 is 15.2 Å². The SMILES string of the molecule is COc1ccc(CCCc2cccc(CN)c2)cc1OC. The van der Waals surface area contributed by atoms with Gasteiger partial charge in [0.1, 0.15) is 0 Å². The van der Waals surface area contributed by atoms with Crippen molar-refractivity contribution in [2.24, 2.45) is 5.73 Å². The number of hydrogen-bond acceptors (Lipinski definition) is 3. The first kappa shape index (κ1) is 15.4. The monoisotopic (exact) mass is 285 g/mol. The smallest absolute Gasteiger partial charge is 0.160 e. The lowest BCUT2D eigenvalue weighted by molar-refractivity contribution is 0.354. The van der Waals surface area contributed by atoms with Crippen LogP contribution in [0.3, 0.4) is 0 Å². The van der Waals surface area contributed by atoms with Gasteiger partial charge in [-0.2, -0.15) is 0 Å². The maximum Gasteiger partial charge on any atom is 0.160 e. The van der Waals surface area contributed by atoms with E-state index in [0.29, 0.717) is 6.54 Å². The Kier molecular flexibility index (Phi) is 5.64. The molecular weight excluding hydrogens is 262 g/mol. The molecule has 0 fully saturated rings. The number of ether oxygens (including phenoxy) is 2. The Morgan fingerprint density at radius 1 is 0.810 bits per heavy atom. The Balaban J connectivity index is 1.93. The molecule has 0 heterocycles. The molecule has 0 aliphatic heterocycles. The van der Waals surface area contributed by atoms with Gasteiger partial charge >= 0.3 is 0 Å². The summed E-state index contributed by atoms with van der Waals surface area (Å²) in [7, 11) is 3.32. The van der Waals surface area contributed by atoms with E-state index < -0.39 is 0 Å². The molecule has 0 saturated heterocycles. The van der Waals surface area contributed by atoms with Crippen LogP contribution in [0.4, 0.5) is 0 Å². The number of rotatable bonds is 7. The van der Waals surface area contributed by atoms with Crippen LogP contribution in [0.15, 0.2) is 42.5 Å². The number of benzene rings is 2. The highest BCUT2D eigenvalue weighted by Gasteiger charge is 2.04. The zero-order valence-electron chi connectivity index (χ0n) is 12.8. The van der Waals surface area contributed by atoms with Gasteiger partial charge < -0.3 is 15.2 Å². The number of nitrogens with two attached hydrogens (primary N) is 1. The van der Waals surface area contributed by atoms with Crippen molar-refractivity contribution in [3.05, 3.63) is 59.2 Å². The second-order valence-corrected chi connectivity index (χ2v) is 5.07. The third-order valence-electron chi connectivity index (χ3n) is 3.61. The molecule has 3 heteroatoms. The number of methoxy groups -OCH3 is 2. The Hall–Kier alpha value is -2.00. The highest BCUT2D eigenvalue weighted by atomic mass is 16.5. The third kappa shape index (κ3) is 4.23. The largest absolute Gasteiger partial charge is 0.493 e. The molecule has 0 aliphatic rings. The molecule has 0 spiro atoms. The van der Waals surface area contributed by atoms with E-state index in [0.717, 1.165) is 30.8 Å². The van der Waals surface area contributed by atoms with E-state index in [1.54, 1.807) is 14.2 Å². The Morgan fingerprint density at radius 2 is 1.48 bits per heavy atom. The van der Waals surface area contributed by atoms with Gasteiger partial charge in [-0.3, -0.25) is 0 Å². The Morgan fingerprint density at radius 3 is 2.14 bits per heavy atom.